The lowest BCUT2D eigenvalue weighted by Gasteiger charge is -2.23. The molecule has 2 aromatic carbocycles. The molecule has 4 nitrogen and oxygen atoms in total. The van der Waals surface area contributed by atoms with Crippen LogP contribution in [-0.4, -0.2) is 24.4 Å². The van der Waals surface area contributed by atoms with Crippen molar-refractivity contribution < 1.29 is 9.59 Å². The summed E-state index contributed by atoms with van der Waals surface area (Å²) in [5.41, 5.74) is 2.05. The van der Waals surface area contributed by atoms with Gasteiger partial charge in [-0.2, -0.15) is 0 Å². The zero-order valence-corrected chi connectivity index (χ0v) is 18.0. The number of hydrogen-bond acceptors (Lipinski definition) is 3. The van der Waals surface area contributed by atoms with Crippen molar-refractivity contribution in [1.29, 1.82) is 0 Å². The monoisotopic (exact) mass is 420 g/mol. The maximum absolute atomic E-state index is 13.2. The summed E-state index contributed by atoms with van der Waals surface area (Å²) < 4.78 is 0. The van der Waals surface area contributed by atoms with Crippen LogP contribution in [0.1, 0.15) is 65.7 Å². The highest BCUT2D eigenvalue weighted by Gasteiger charge is 2.27. The van der Waals surface area contributed by atoms with Gasteiger partial charge in [0.25, 0.3) is 11.8 Å². The van der Waals surface area contributed by atoms with Crippen LogP contribution in [-0.2, 0) is 0 Å². The van der Waals surface area contributed by atoms with Crippen molar-refractivity contribution in [2.45, 2.75) is 60.8 Å². The van der Waals surface area contributed by atoms with Gasteiger partial charge in [-0.1, -0.05) is 62.1 Å². The third-order valence-corrected chi connectivity index (χ3v) is 6.99. The molecule has 2 aliphatic rings. The molecule has 2 amide bonds. The molecule has 1 heterocycles. The predicted octanol–water partition coefficient (Wildman–Crippen LogP) is 5.83. The molecule has 1 fully saturated rings. The Kier molecular flexibility index (Phi) is 6.58. The summed E-state index contributed by atoms with van der Waals surface area (Å²) in [6, 6.07) is 13.6. The topological polar surface area (TPSA) is 49.4 Å². The molecule has 156 valence electrons. The third kappa shape index (κ3) is 4.46. The zero-order chi connectivity index (χ0) is 20.9. The molecule has 0 saturated heterocycles. The van der Waals surface area contributed by atoms with Crippen molar-refractivity contribution in [1.82, 2.24) is 5.32 Å². The zero-order valence-electron chi connectivity index (χ0n) is 17.2. The average Bonchev–Trinajstić information content (AvgIpc) is 2.85. The molecule has 4 rings (SSSR count). The molecule has 0 atom stereocenters. The first-order valence-electron chi connectivity index (χ1n) is 10.8. The maximum atomic E-state index is 13.2. The van der Waals surface area contributed by atoms with E-state index in [4.69, 9.17) is 0 Å². The molecule has 0 unspecified atom stereocenters. The summed E-state index contributed by atoms with van der Waals surface area (Å²) in [5.74, 6) is -0.115. The fraction of sp³-hybridized carbons (Fsp3) is 0.360. The van der Waals surface area contributed by atoms with Gasteiger partial charge in [0.15, 0.2) is 0 Å². The van der Waals surface area contributed by atoms with Gasteiger partial charge in [0.2, 0.25) is 0 Å². The number of amides is 2. The first-order valence-corrected chi connectivity index (χ1v) is 11.6. The summed E-state index contributed by atoms with van der Waals surface area (Å²) in [6.07, 6.45) is 9.96. The second kappa shape index (κ2) is 9.52. The minimum absolute atomic E-state index is 0.0545. The molecule has 1 N–H and O–H groups in total. The Morgan fingerprint density at radius 3 is 2.57 bits per heavy atom. The van der Waals surface area contributed by atoms with E-state index < -0.39 is 0 Å². The lowest BCUT2D eigenvalue weighted by molar-refractivity contribution is 0.0928. The number of carbonyl (C=O) groups is 2. The van der Waals surface area contributed by atoms with E-state index in [0.717, 1.165) is 28.3 Å². The number of fused-ring (bicyclic) bond motifs is 2. The number of anilines is 1. The Balaban J connectivity index is 1.62. The Morgan fingerprint density at radius 2 is 1.80 bits per heavy atom. The molecule has 1 aliphatic carbocycles. The number of carbonyl (C=O) groups excluding carboxylic acids is 2. The second-order valence-electron chi connectivity index (χ2n) is 8.00. The van der Waals surface area contributed by atoms with Crippen LogP contribution in [0, 0.1) is 0 Å². The van der Waals surface area contributed by atoms with Gasteiger partial charge < -0.3 is 10.2 Å². The van der Waals surface area contributed by atoms with Gasteiger partial charge in [-0.3, -0.25) is 9.59 Å². The molecule has 5 heteroatoms. The van der Waals surface area contributed by atoms with Crippen LogP contribution in [0.15, 0.2) is 64.9 Å². The van der Waals surface area contributed by atoms with Gasteiger partial charge in [-0.05, 0) is 43.2 Å². The summed E-state index contributed by atoms with van der Waals surface area (Å²) in [7, 11) is 0. The molecular formula is C25H28N2O2S. The molecule has 0 bridgehead atoms. The van der Waals surface area contributed by atoms with E-state index in [1.165, 1.54) is 32.1 Å². The summed E-state index contributed by atoms with van der Waals surface area (Å²) >= 11 is 1.57. The fourth-order valence-electron chi connectivity index (χ4n) is 4.24. The van der Waals surface area contributed by atoms with Gasteiger partial charge in [0, 0.05) is 27.9 Å². The van der Waals surface area contributed by atoms with Gasteiger partial charge in [-0.25, -0.2) is 0 Å². The highest BCUT2D eigenvalue weighted by molar-refractivity contribution is 7.99. The van der Waals surface area contributed by atoms with Crippen molar-refractivity contribution in [3.8, 4) is 0 Å². The van der Waals surface area contributed by atoms with E-state index in [1.54, 1.807) is 22.7 Å². The van der Waals surface area contributed by atoms with Crippen molar-refractivity contribution in [3.05, 3.63) is 66.2 Å². The highest BCUT2D eigenvalue weighted by Crippen LogP contribution is 2.41. The SMILES string of the molecule is C=CCN1C(=O)c2ccccc2Sc2ccc(C(=O)NC3CCCCCCC3)cc21. The average molecular weight is 421 g/mol. The van der Waals surface area contributed by atoms with Crippen LogP contribution >= 0.6 is 11.8 Å². The Hall–Kier alpha value is -2.53. The molecule has 0 spiro atoms. The van der Waals surface area contributed by atoms with Crippen LogP contribution in [0.3, 0.4) is 0 Å². The van der Waals surface area contributed by atoms with Gasteiger partial charge in [0.1, 0.15) is 0 Å². The van der Waals surface area contributed by atoms with Crippen LogP contribution in [0.25, 0.3) is 0 Å². The lowest BCUT2D eigenvalue weighted by atomic mass is 9.96. The molecule has 30 heavy (non-hydrogen) atoms. The first kappa shape index (κ1) is 20.7. The molecular weight excluding hydrogens is 392 g/mol. The van der Waals surface area contributed by atoms with E-state index in [0.29, 0.717) is 17.7 Å². The number of rotatable bonds is 4. The minimum Gasteiger partial charge on any atom is -0.349 e. The Labute approximate surface area is 182 Å². The summed E-state index contributed by atoms with van der Waals surface area (Å²) in [4.78, 5) is 29.8. The van der Waals surface area contributed by atoms with Crippen LogP contribution in [0.4, 0.5) is 5.69 Å². The predicted molar refractivity (Wildman–Crippen MR) is 122 cm³/mol. The smallest absolute Gasteiger partial charge is 0.259 e. The Morgan fingerprint density at radius 1 is 1.07 bits per heavy atom. The minimum atomic E-state index is -0.0608. The summed E-state index contributed by atoms with van der Waals surface area (Å²) in [6.45, 7) is 4.22. The largest absolute Gasteiger partial charge is 0.349 e. The number of nitrogens with zero attached hydrogens (tertiary/aromatic N) is 1. The maximum Gasteiger partial charge on any atom is 0.259 e. The number of benzene rings is 2. The van der Waals surface area contributed by atoms with Gasteiger partial charge in [-0.15, -0.1) is 6.58 Å². The van der Waals surface area contributed by atoms with Gasteiger partial charge >= 0.3 is 0 Å². The Bertz CT molecular complexity index is 948. The molecule has 0 radical (unpaired) electrons. The van der Waals surface area contributed by atoms with Crippen LogP contribution in [0.2, 0.25) is 0 Å². The van der Waals surface area contributed by atoms with Crippen molar-refractivity contribution in [3.63, 3.8) is 0 Å². The van der Waals surface area contributed by atoms with E-state index in [-0.39, 0.29) is 17.9 Å². The summed E-state index contributed by atoms with van der Waals surface area (Å²) in [5, 5.41) is 3.23. The lowest BCUT2D eigenvalue weighted by Crippen LogP contribution is -2.35. The number of nitrogens with one attached hydrogen (secondary N) is 1. The third-order valence-electron chi connectivity index (χ3n) is 5.85. The van der Waals surface area contributed by atoms with Gasteiger partial charge in [0.05, 0.1) is 11.3 Å². The molecule has 0 aromatic heterocycles. The quantitative estimate of drug-likeness (QED) is 0.634. The standard InChI is InChI=1S/C25H28N2O2S/c1-2-16-27-21-17-18(24(28)26-19-10-6-4-3-5-7-11-19)14-15-23(21)30-22-13-9-8-12-20(22)25(27)29/h2,8-9,12-15,17,19H,1,3-7,10-11,16H2,(H,26,28). The number of hydrogen-bond donors (Lipinski definition) is 1. The van der Waals surface area contributed by atoms with Crippen molar-refractivity contribution in [2.75, 3.05) is 11.4 Å². The molecule has 1 aliphatic heterocycles. The first-order chi connectivity index (χ1) is 14.7. The van der Waals surface area contributed by atoms with Crippen molar-refractivity contribution in [2.24, 2.45) is 0 Å². The highest BCUT2D eigenvalue weighted by atomic mass is 32.2. The van der Waals surface area contributed by atoms with E-state index in [1.807, 2.05) is 42.5 Å². The fourth-order valence-corrected chi connectivity index (χ4v) is 5.30. The normalized spacial score (nSPS) is 17.2. The van der Waals surface area contributed by atoms with E-state index in [2.05, 4.69) is 11.9 Å². The van der Waals surface area contributed by atoms with Crippen LogP contribution in [0.5, 0.6) is 0 Å². The molecule has 2 aromatic rings. The second-order valence-corrected chi connectivity index (χ2v) is 9.08. The van der Waals surface area contributed by atoms with E-state index in [9.17, 15) is 9.59 Å². The van der Waals surface area contributed by atoms with E-state index >= 15 is 0 Å². The molecule has 1 saturated carbocycles. The van der Waals surface area contributed by atoms with Crippen molar-refractivity contribution >= 4 is 29.3 Å². The van der Waals surface area contributed by atoms with Crippen LogP contribution < -0.4 is 10.2 Å².